The number of nitrogens with one attached hydrogen (secondary N) is 1. The Bertz CT molecular complexity index is 290. The molecule has 112 valence electrons. The Morgan fingerprint density at radius 3 is 2.47 bits per heavy atom. The SMILES string of the molecule is CCCN(CC(C)(NC1CC1)C(=O)OCC)C(C)C. The summed E-state index contributed by atoms with van der Waals surface area (Å²) in [5.74, 6) is -0.122. The van der Waals surface area contributed by atoms with E-state index in [0.717, 1.165) is 13.0 Å². The van der Waals surface area contributed by atoms with Crippen LogP contribution in [0.15, 0.2) is 0 Å². The summed E-state index contributed by atoms with van der Waals surface area (Å²) in [6, 6.07) is 0.930. The lowest BCUT2D eigenvalue weighted by atomic mass is 10.0. The average Bonchev–Trinajstić information content (AvgIpc) is 3.12. The topological polar surface area (TPSA) is 41.6 Å². The average molecular weight is 270 g/mol. The molecule has 1 fully saturated rings. The molecule has 1 aliphatic carbocycles. The van der Waals surface area contributed by atoms with Gasteiger partial charge in [-0.05, 0) is 53.5 Å². The molecule has 1 aliphatic rings. The van der Waals surface area contributed by atoms with Gasteiger partial charge in [0.25, 0.3) is 0 Å². The highest BCUT2D eigenvalue weighted by Gasteiger charge is 2.41. The summed E-state index contributed by atoms with van der Waals surface area (Å²) < 4.78 is 5.27. The van der Waals surface area contributed by atoms with Crippen molar-refractivity contribution in [2.45, 2.75) is 71.5 Å². The van der Waals surface area contributed by atoms with Gasteiger partial charge >= 0.3 is 5.97 Å². The zero-order valence-corrected chi connectivity index (χ0v) is 13.2. The highest BCUT2D eigenvalue weighted by Crippen LogP contribution is 2.24. The summed E-state index contributed by atoms with van der Waals surface area (Å²) in [7, 11) is 0. The van der Waals surface area contributed by atoms with Crippen LogP contribution in [0.1, 0.15) is 53.9 Å². The molecule has 1 N–H and O–H groups in total. The molecule has 1 atom stereocenters. The fourth-order valence-corrected chi connectivity index (χ4v) is 2.35. The predicted octanol–water partition coefficient (Wildman–Crippen LogP) is 2.18. The van der Waals surface area contributed by atoms with Gasteiger partial charge in [-0.15, -0.1) is 0 Å². The van der Waals surface area contributed by atoms with E-state index in [4.69, 9.17) is 4.74 Å². The molecular formula is C15H30N2O2. The number of esters is 1. The summed E-state index contributed by atoms with van der Waals surface area (Å²) in [4.78, 5) is 14.6. The van der Waals surface area contributed by atoms with Gasteiger partial charge < -0.3 is 4.74 Å². The van der Waals surface area contributed by atoms with E-state index >= 15 is 0 Å². The molecule has 0 spiro atoms. The van der Waals surface area contributed by atoms with Crippen molar-refractivity contribution >= 4 is 5.97 Å². The van der Waals surface area contributed by atoms with Gasteiger partial charge in [0.1, 0.15) is 5.54 Å². The molecule has 4 nitrogen and oxygen atoms in total. The number of hydrogen-bond acceptors (Lipinski definition) is 4. The first kappa shape index (κ1) is 16.4. The molecular weight excluding hydrogens is 240 g/mol. The van der Waals surface area contributed by atoms with Crippen LogP contribution >= 0.6 is 0 Å². The van der Waals surface area contributed by atoms with Crippen molar-refractivity contribution in [3.05, 3.63) is 0 Å². The summed E-state index contributed by atoms with van der Waals surface area (Å²) in [6.45, 7) is 12.5. The summed E-state index contributed by atoms with van der Waals surface area (Å²) in [5.41, 5.74) is -0.587. The maximum absolute atomic E-state index is 12.3. The second-order valence-corrected chi connectivity index (χ2v) is 6.04. The Hall–Kier alpha value is -0.610. The molecule has 19 heavy (non-hydrogen) atoms. The van der Waals surface area contributed by atoms with Crippen LogP contribution in [-0.4, -0.2) is 48.2 Å². The van der Waals surface area contributed by atoms with Crippen molar-refractivity contribution in [2.75, 3.05) is 19.7 Å². The molecule has 0 aliphatic heterocycles. The monoisotopic (exact) mass is 270 g/mol. The second kappa shape index (κ2) is 7.25. The first-order chi connectivity index (χ1) is 8.92. The molecule has 0 bridgehead atoms. The normalized spacial score (nSPS) is 18.7. The Morgan fingerprint density at radius 1 is 1.42 bits per heavy atom. The van der Waals surface area contributed by atoms with E-state index in [-0.39, 0.29) is 5.97 Å². The minimum absolute atomic E-state index is 0.122. The van der Waals surface area contributed by atoms with Gasteiger partial charge in [-0.1, -0.05) is 6.92 Å². The third-order valence-corrected chi connectivity index (χ3v) is 3.59. The Balaban J connectivity index is 2.72. The number of carbonyl (C=O) groups is 1. The van der Waals surface area contributed by atoms with Gasteiger partial charge in [-0.25, -0.2) is 0 Å². The second-order valence-electron chi connectivity index (χ2n) is 6.04. The molecule has 0 aromatic rings. The van der Waals surface area contributed by atoms with Gasteiger partial charge in [-0.2, -0.15) is 0 Å². The molecule has 1 saturated carbocycles. The van der Waals surface area contributed by atoms with Crippen LogP contribution in [0.4, 0.5) is 0 Å². The third-order valence-electron chi connectivity index (χ3n) is 3.59. The largest absolute Gasteiger partial charge is 0.465 e. The van der Waals surface area contributed by atoms with E-state index in [0.29, 0.717) is 25.2 Å². The van der Waals surface area contributed by atoms with Gasteiger partial charge in [0.05, 0.1) is 6.61 Å². The maximum atomic E-state index is 12.3. The van der Waals surface area contributed by atoms with Gasteiger partial charge in [0, 0.05) is 18.6 Å². The molecule has 0 aromatic carbocycles. The van der Waals surface area contributed by atoms with Crippen LogP contribution in [0.25, 0.3) is 0 Å². The summed E-state index contributed by atoms with van der Waals surface area (Å²) in [5, 5.41) is 3.48. The van der Waals surface area contributed by atoms with Gasteiger partial charge in [0.15, 0.2) is 0 Å². The van der Waals surface area contributed by atoms with E-state index < -0.39 is 5.54 Å². The van der Waals surface area contributed by atoms with Crippen LogP contribution in [0.2, 0.25) is 0 Å². The highest BCUT2D eigenvalue weighted by molar-refractivity contribution is 5.80. The van der Waals surface area contributed by atoms with E-state index in [1.54, 1.807) is 0 Å². The number of carbonyl (C=O) groups excluding carboxylic acids is 1. The molecule has 0 aromatic heterocycles. The number of ether oxygens (including phenoxy) is 1. The van der Waals surface area contributed by atoms with E-state index in [1.165, 1.54) is 12.8 Å². The summed E-state index contributed by atoms with van der Waals surface area (Å²) >= 11 is 0. The Labute approximate surface area is 117 Å². The third kappa shape index (κ3) is 5.11. The van der Waals surface area contributed by atoms with Crippen molar-refractivity contribution in [3.8, 4) is 0 Å². The van der Waals surface area contributed by atoms with Crippen LogP contribution in [0, 0.1) is 0 Å². The van der Waals surface area contributed by atoms with Crippen molar-refractivity contribution in [2.24, 2.45) is 0 Å². The Morgan fingerprint density at radius 2 is 2.05 bits per heavy atom. The number of rotatable bonds is 9. The number of nitrogens with zero attached hydrogens (tertiary/aromatic N) is 1. The zero-order valence-electron chi connectivity index (χ0n) is 13.2. The van der Waals surface area contributed by atoms with Crippen molar-refractivity contribution in [1.29, 1.82) is 0 Å². The van der Waals surface area contributed by atoms with E-state index in [2.05, 4.69) is 31.0 Å². The van der Waals surface area contributed by atoms with Crippen LogP contribution < -0.4 is 5.32 Å². The van der Waals surface area contributed by atoms with Crippen LogP contribution in [-0.2, 0) is 9.53 Å². The van der Waals surface area contributed by atoms with Crippen LogP contribution in [0.5, 0.6) is 0 Å². The number of hydrogen-bond donors (Lipinski definition) is 1. The van der Waals surface area contributed by atoms with Gasteiger partial charge in [-0.3, -0.25) is 15.0 Å². The maximum Gasteiger partial charge on any atom is 0.327 e. The van der Waals surface area contributed by atoms with Crippen molar-refractivity contribution in [3.63, 3.8) is 0 Å². The smallest absolute Gasteiger partial charge is 0.327 e. The molecule has 1 unspecified atom stereocenters. The molecule has 0 radical (unpaired) electrons. The quantitative estimate of drug-likeness (QED) is 0.652. The van der Waals surface area contributed by atoms with E-state index in [9.17, 15) is 4.79 Å². The van der Waals surface area contributed by atoms with Crippen molar-refractivity contribution in [1.82, 2.24) is 10.2 Å². The lowest BCUT2D eigenvalue weighted by Crippen LogP contribution is -2.59. The molecule has 1 rings (SSSR count). The summed E-state index contributed by atoms with van der Waals surface area (Å²) in [6.07, 6.45) is 3.44. The first-order valence-corrected chi connectivity index (χ1v) is 7.62. The lowest BCUT2D eigenvalue weighted by molar-refractivity contribution is -0.151. The van der Waals surface area contributed by atoms with Crippen molar-refractivity contribution < 1.29 is 9.53 Å². The standard InChI is InChI=1S/C15H30N2O2/c1-6-10-17(12(3)4)11-15(5,14(18)19-7-2)16-13-8-9-13/h12-13,16H,6-11H2,1-5H3. The highest BCUT2D eigenvalue weighted by atomic mass is 16.5. The van der Waals surface area contributed by atoms with E-state index in [1.807, 2.05) is 13.8 Å². The molecule has 0 amide bonds. The van der Waals surface area contributed by atoms with Gasteiger partial charge in [0.2, 0.25) is 0 Å². The fraction of sp³-hybridized carbons (Fsp3) is 0.933. The zero-order chi connectivity index (χ0) is 14.5. The lowest BCUT2D eigenvalue weighted by Gasteiger charge is -2.36. The fourth-order valence-electron chi connectivity index (χ4n) is 2.35. The Kier molecular flexibility index (Phi) is 6.27. The molecule has 0 saturated heterocycles. The predicted molar refractivity (Wildman–Crippen MR) is 78.2 cm³/mol. The van der Waals surface area contributed by atoms with Crippen LogP contribution in [0.3, 0.4) is 0 Å². The molecule has 4 heteroatoms. The minimum Gasteiger partial charge on any atom is -0.465 e. The minimum atomic E-state index is -0.587. The first-order valence-electron chi connectivity index (χ1n) is 7.62. The molecule has 0 heterocycles.